The highest BCUT2D eigenvalue weighted by Gasteiger charge is 2.03. The first-order valence-electron chi connectivity index (χ1n) is 15.3. The average molecular weight is 481 g/mol. The van der Waals surface area contributed by atoms with Crippen LogP contribution in [0.25, 0.3) is 0 Å². The molecule has 34 heavy (non-hydrogen) atoms. The Morgan fingerprint density at radius 2 is 0.735 bits per heavy atom. The molecular weight excluding hydrogens is 420 g/mol. The van der Waals surface area contributed by atoms with E-state index in [1.807, 2.05) is 0 Å². The van der Waals surface area contributed by atoms with Gasteiger partial charge in [-0.2, -0.15) is 0 Å². The molecule has 0 rings (SSSR count). The normalized spacial score (nSPS) is 11.4. The van der Waals surface area contributed by atoms with Gasteiger partial charge in [-0.1, -0.05) is 142 Å². The summed E-state index contributed by atoms with van der Waals surface area (Å²) < 4.78 is 10.3. The zero-order chi connectivity index (χ0) is 24.8. The van der Waals surface area contributed by atoms with Crippen LogP contribution in [0.15, 0.2) is 12.2 Å². The third-order valence-corrected chi connectivity index (χ3v) is 6.59. The SMILES string of the molecule is CCCCCCCCCC/C=C\CCCCCCCCOC(=O)OCCCCCCCCCC. The lowest BCUT2D eigenvalue weighted by atomic mass is 10.1. The van der Waals surface area contributed by atoms with Crippen LogP contribution in [0.3, 0.4) is 0 Å². The number of unbranched alkanes of at least 4 members (excludes halogenated alkanes) is 21. The summed E-state index contributed by atoms with van der Waals surface area (Å²) in [6.45, 7) is 5.53. The van der Waals surface area contributed by atoms with E-state index in [9.17, 15) is 4.79 Å². The van der Waals surface area contributed by atoms with Crippen LogP contribution < -0.4 is 0 Å². The van der Waals surface area contributed by atoms with Crippen molar-refractivity contribution in [3.8, 4) is 0 Å². The van der Waals surface area contributed by atoms with Gasteiger partial charge in [-0.15, -0.1) is 0 Å². The van der Waals surface area contributed by atoms with Crippen LogP contribution >= 0.6 is 0 Å². The van der Waals surface area contributed by atoms with Crippen LogP contribution in [0.2, 0.25) is 0 Å². The summed E-state index contributed by atoms with van der Waals surface area (Å²) in [5.74, 6) is 0. The molecule has 0 aromatic carbocycles. The first kappa shape index (κ1) is 33.0. The van der Waals surface area contributed by atoms with Gasteiger partial charge in [-0.25, -0.2) is 4.79 Å². The van der Waals surface area contributed by atoms with E-state index in [1.165, 1.54) is 128 Å². The highest BCUT2D eigenvalue weighted by molar-refractivity contribution is 5.59. The molecule has 0 unspecified atom stereocenters. The zero-order valence-electron chi connectivity index (χ0n) is 23.3. The quantitative estimate of drug-likeness (QED) is 0.0666. The number of carbonyl (C=O) groups excluding carboxylic acids is 1. The maximum atomic E-state index is 11.6. The lowest BCUT2D eigenvalue weighted by molar-refractivity contribution is 0.0529. The van der Waals surface area contributed by atoms with Gasteiger partial charge in [0.1, 0.15) is 0 Å². The van der Waals surface area contributed by atoms with E-state index in [-0.39, 0.29) is 0 Å². The van der Waals surface area contributed by atoms with Crippen molar-refractivity contribution in [2.45, 2.75) is 168 Å². The molecule has 0 heterocycles. The van der Waals surface area contributed by atoms with Crippen molar-refractivity contribution in [1.82, 2.24) is 0 Å². The van der Waals surface area contributed by atoms with E-state index >= 15 is 0 Å². The van der Waals surface area contributed by atoms with Gasteiger partial charge in [0, 0.05) is 0 Å². The van der Waals surface area contributed by atoms with Crippen LogP contribution in [0, 0.1) is 0 Å². The van der Waals surface area contributed by atoms with Crippen LogP contribution in [-0.2, 0) is 9.47 Å². The van der Waals surface area contributed by atoms with E-state index in [0.29, 0.717) is 13.2 Å². The summed E-state index contributed by atoms with van der Waals surface area (Å²) in [5, 5.41) is 0. The summed E-state index contributed by atoms with van der Waals surface area (Å²) >= 11 is 0. The Hall–Kier alpha value is -0.990. The molecule has 0 aromatic heterocycles. The zero-order valence-corrected chi connectivity index (χ0v) is 23.3. The monoisotopic (exact) mass is 480 g/mol. The van der Waals surface area contributed by atoms with Crippen molar-refractivity contribution in [3.05, 3.63) is 12.2 Å². The summed E-state index contributed by atoms with van der Waals surface area (Å²) in [7, 11) is 0. The summed E-state index contributed by atoms with van der Waals surface area (Å²) in [6, 6.07) is 0. The van der Waals surface area contributed by atoms with Gasteiger partial charge in [-0.05, 0) is 38.5 Å². The summed E-state index contributed by atoms with van der Waals surface area (Å²) in [6.07, 6.45) is 35.2. The Labute approximate surface area is 213 Å². The Morgan fingerprint density at radius 3 is 1.09 bits per heavy atom. The van der Waals surface area contributed by atoms with Crippen molar-refractivity contribution in [3.63, 3.8) is 0 Å². The summed E-state index contributed by atoms with van der Waals surface area (Å²) in [4.78, 5) is 11.6. The Morgan fingerprint density at radius 1 is 0.441 bits per heavy atom. The molecule has 0 fully saturated rings. The smallest absolute Gasteiger partial charge is 0.434 e. The molecule has 0 bridgehead atoms. The van der Waals surface area contributed by atoms with Crippen molar-refractivity contribution >= 4 is 6.16 Å². The van der Waals surface area contributed by atoms with Crippen LogP contribution in [-0.4, -0.2) is 19.4 Å². The fourth-order valence-corrected chi connectivity index (χ4v) is 4.29. The molecule has 0 aliphatic carbocycles. The van der Waals surface area contributed by atoms with E-state index < -0.39 is 6.16 Å². The molecule has 0 aliphatic heterocycles. The lowest BCUT2D eigenvalue weighted by Crippen LogP contribution is -2.09. The van der Waals surface area contributed by atoms with Crippen molar-refractivity contribution in [2.75, 3.05) is 13.2 Å². The number of hydrogen-bond donors (Lipinski definition) is 0. The van der Waals surface area contributed by atoms with E-state index in [4.69, 9.17) is 9.47 Å². The van der Waals surface area contributed by atoms with E-state index in [1.54, 1.807) is 0 Å². The number of carbonyl (C=O) groups is 1. The van der Waals surface area contributed by atoms with Crippen molar-refractivity contribution < 1.29 is 14.3 Å². The average Bonchev–Trinajstić information content (AvgIpc) is 2.84. The van der Waals surface area contributed by atoms with Gasteiger partial charge in [0.25, 0.3) is 0 Å². The number of hydrogen-bond acceptors (Lipinski definition) is 3. The fraction of sp³-hybridized carbons (Fsp3) is 0.903. The van der Waals surface area contributed by atoms with Crippen LogP contribution in [0.5, 0.6) is 0 Å². The first-order chi connectivity index (χ1) is 16.8. The Kier molecular flexibility index (Phi) is 29.2. The highest BCUT2D eigenvalue weighted by Crippen LogP contribution is 2.12. The topological polar surface area (TPSA) is 35.5 Å². The number of rotatable bonds is 27. The Bertz CT molecular complexity index is 419. The molecule has 0 N–H and O–H groups in total. The summed E-state index contributed by atoms with van der Waals surface area (Å²) in [5.41, 5.74) is 0. The van der Waals surface area contributed by atoms with Gasteiger partial charge in [0.2, 0.25) is 0 Å². The molecule has 0 saturated heterocycles. The maximum Gasteiger partial charge on any atom is 0.508 e. The molecule has 0 aliphatic rings. The molecule has 0 spiro atoms. The third kappa shape index (κ3) is 29.0. The largest absolute Gasteiger partial charge is 0.508 e. The number of allylic oxidation sites excluding steroid dienone is 2. The van der Waals surface area contributed by atoms with Gasteiger partial charge in [0.05, 0.1) is 13.2 Å². The molecule has 202 valence electrons. The highest BCUT2D eigenvalue weighted by atomic mass is 16.7. The minimum absolute atomic E-state index is 0.485. The predicted molar refractivity (Wildman–Crippen MR) is 149 cm³/mol. The minimum Gasteiger partial charge on any atom is -0.434 e. The van der Waals surface area contributed by atoms with E-state index in [0.717, 1.165) is 25.7 Å². The third-order valence-electron chi connectivity index (χ3n) is 6.59. The first-order valence-corrected chi connectivity index (χ1v) is 15.3. The minimum atomic E-state index is -0.485. The molecule has 0 radical (unpaired) electrons. The molecule has 0 aromatic rings. The molecule has 0 atom stereocenters. The standard InChI is InChI=1S/C31H60O3/c1-3-5-7-9-11-13-14-15-16-17-18-19-20-21-22-24-26-28-30-34-31(32)33-29-27-25-23-12-10-8-6-4-2/h17-18H,3-16,19-30H2,1-2H3/b18-17-. The Balaban J connectivity index is 3.18. The fourth-order valence-electron chi connectivity index (χ4n) is 4.29. The number of ether oxygens (including phenoxy) is 2. The second-order valence-electron chi connectivity index (χ2n) is 10.1. The second-order valence-corrected chi connectivity index (χ2v) is 10.1. The molecular formula is C31H60O3. The maximum absolute atomic E-state index is 11.6. The van der Waals surface area contributed by atoms with Gasteiger partial charge in [-0.3, -0.25) is 0 Å². The lowest BCUT2D eigenvalue weighted by Gasteiger charge is -2.06. The predicted octanol–water partition coefficient (Wildman–Crippen LogP) is 11.1. The van der Waals surface area contributed by atoms with E-state index in [2.05, 4.69) is 26.0 Å². The van der Waals surface area contributed by atoms with Crippen LogP contribution in [0.4, 0.5) is 4.79 Å². The van der Waals surface area contributed by atoms with Crippen LogP contribution in [0.1, 0.15) is 168 Å². The molecule has 0 saturated carbocycles. The van der Waals surface area contributed by atoms with Gasteiger partial charge in [0.15, 0.2) is 0 Å². The van der Waals surface area contributed by atoms with Gasteiger partial charge < -0.3 is 9.47 Å². The van der Waals surface area contributed by atoms with Gasteiger partial charge >= 0.3 is 6.16 Å². The van der Waals surface area contributed by atoms with Crippen molar-refractivity contribution in [2.24, 2.45) is 0 Å². The second kappa shape index (κ2) is 30.0. The van der Waals surface area contributed by atoms with Crippen molar-refractivity contribution in [1.29, 1.82) is 0 Å². The molecule has 0 amide bonds. The molecule has 3 heteroatoms. The molecule has 3 nitrogen and oxygen atoms in total.